The van der Waals surface area contributed by atoms with Gasteiger partial charge in [0.2, 0.25) is 0 Å². The highest BCUT2D eigenvalue weighted by Crippen LogP contribution is 2.21. The second kappa shape index (κ2) is 8.25. The molecule has 0 bridgehead atoms. The Labute approximate surface area is 142 Å². The maximum atomic E-state index is 13.4. The fourth-order valence-corrected chi connectivity index (χ4v) is 3.33. The van der Waals surface area contributed by atoms with E-state index >= 15 is 0 Å². The summed E-state index contributed by atoms with van der Waals surface area (Å²) < 4.78 is 32.0. The normalized spacial score (nSPS) is 18.5. The zero-order valence-corrected chi connectivity index (χ0v) is 13.8. The second-order valence-corrected chi connectivity index (χ2v) is 6.32. The molecule has 0 spiro atoms. The van der Waals surface area contributed by atoms with E-state index in [0.29, 0.717) is 18.4 Å². The summed E-state index contributed by atoms with van der Waals surface area (Å²) in [5, 5.41) is 0. The molecule has 0 aromatic heterocycles. The van der Waals surface area contributed by atoms with Gasteiger partial charge in [-0.25, -0.2) is 8.78 Å². The summed E-state index contributed by atoms with van der Waals surface area (Å²) in [5.41, 5.74) is 1.05. The molecular formula is C20H23F2NO. The summed E-state index contributed by atoms with van der Waals surface area (Å²) in [4.78, 5) is 2.43. The lowest BCUT2D eigenvalue weighted by Crippen LogP contribution is -2.43. The molecule has 4 heteroatoms. The standard InChI is InChI=1S/C20H23F2NO/c21-17-7-9-20(10-8-17)24-13-12-23-11-2-1-6-19(23)15-16-4-3-5-18(22)14-16/h3-5,7-10,14,19H,1-2,6,11-13,15H2. The van der Waals surface area contributed by atoms with Gasteiger partial charge in [-0.15, -0.1) is 0 Å². The van der Waals surface area contributed by atoms with E-state index in [2.05, 4.69) is 4.90 Å². The van der Waals surface area contributed by atoms with Gasteiger partial charge in [0.05, 0.1) is 0 Å². The first kappa shape index (κ1) is 16.9. The van der Waals surface area contributed by atoms with Crippen molar-refractivity contribution in [3.8, 4) is 5.75 Å². The summed E-state index contributed by atoms with van der Waals surface area (Å²) in [6.45, 7) is 2.45. The highest BCUT2D eigenvalue weighted by molar-refractivity contribution is 5.22. The molecule has 0 radical (unpaired) electrons. The first-order valence-corrected chi connectivity index (χ1v) is 8.57. The van der Waals surface area contributed by atoms with Crippen LogP contribution in [0, 0.1) is 11.6 Å². The molecule has 1 aliphatic heterocycles. The smallest absolute Gasteiger partial charge is 0.123 e. The van der Waals surface area contributed by atoms with E-state index in [1.807, 2.05) is 6.07 Å². The predicted octanol–water partition coefficient (Wildman–Crippen LogP) is 4.44. The van der Waals surface area contributed by atoms with Gasteiger partial charge in [-0.05, 0) is 67.8 Å². The van der Waals surface area contributed by atoms with Crippen molar-refractivity contribution < 1.29 is 13.5 Å². The lowest BCUT2D eigenvalue weighted by Gasteiger charge is -2.35. The molecule has 1 aliphatic rings. The average molecular weight is 331 g/mol. The van der Waals surface area contributed by atoms with Crippen LogP contribution in [0.5, 0.6) is 5.75 Å². The maximum Gasteiger partial charge on any atom is 0.123 e. The number of piperidine rings is 1. The van der Waals surface area contributed by atoms with Crippen molar-refractivity contribution in [2.45, 2.75) is 31.7 Å². The SMILES string of the molecule is Fc1ccc(OCCN2CCCCC2Cc2cccc(F)c2)cc1. The van der Waals surface area contributed by atoms with Crippen LogP contribution in [0.25, 0.3) is 0 Å². The first-order valence-electron chi connectivity index (χ1n) is 8.57. The number of nitrogens with zero attached hydrogens (tertiary/aromatic N) is 1. The van der Waals surface area contributed by atoms with Gasteiger partial charge in [0.15, 0.2) is 0 Å². The van der Waals surface area contributed by atoms with Crippen LogP contribution >= 0.6 is 0 Å². The van der Waals surface area contributed by atoms with Crippen LogP contribution in [-0.4, -0.2) is 30.6 Å². The number of hydrogen-bond donors (Lipinski definition) is 0. The van der Waals surface area contributed by atoms with Crippen LogP contribution in [-0.2, 0) is 6.42 Å². The zero-order valence-electron chi connectivity index (χ0n) is 13.8. The minimum atomic E-state index is -0.256. The third-order valence-electron chi connectivity index (χ3n) is 4.57. The number of benzene rings is 2. The molecule has 0 amide bonds. The molecular weight excluding hydrogens is 308 g/mol. The van der Waals surface area contributed by atoms with Crippen LogP contribution in [0.2, 0.25) is 0 Å². The molecule has 1 saturated heterocycles. The Bertz CT molecular complexity index is 644. The average Bonchev–Trinajstić information content (AvgIpc) is 2.58. The molecule has 1 unspecified atom stereocenters. The van der Waals surface area contributed by atoms with Crippen molar-refractivity contribution >= 4 is 0 Å². The fraction of sp³-hybridized carbons (Fsp3) is 0.400. The quantitative estimate of drug-likeness (QED) is 0.776. The number of ether oxygens (including phenoxy) is 1. The fourth-order valence-electron chi connectivity index (χ4n) is 3.33. The van der Waals surface area contributed by atoms with E-state index in [9.17, 15) is 8.78 Å². The monoisotopic (exact) mass is 331 g/mol. The Morgan fingerprint density at radius 2 is 1.83 bits per heavy atom. The van der Waals surface area contributed by atoms with Crippen molar-refractivity contribution in [1.82, 2.24) is 4.90 Å². The summed E-state index contributed by atoms with van der Waals surface area (Å²) in [6, 6.07) is 13.4. The van der Waals surface area contributed by atoms with Crippen molar-refractivity contribution in [1.29, 1.82) is 0 Å². The Kier molecular flexibility index (Phi) is 5.81. The van der Waals surface area contributed by atoms with Crippen LogP contribution in [0.3, 0.4) is 0 Å². The molecule has 2 aromatic rings. The molecule has 2 aromatic carbocycles. The van der Waals surface area contributed by atoms with Crippen molar-refractivity contribution in [2.24, 2.45) is 0 Å². The molecule has 24 heavy (non-hydrogen) atoms. The van der Waals surface area contributed by atoms with Gasteiger partial charge in [0.25, 0.3) is 0 Å². The third kappa shape index (κ3) is 4.78. The van der Waals surface area contributed by atoms with Gasteiger partial charge in [-0.2, -0.15) is 0 Å². The lowest BCUT2D eigenvalue weighted by molar-refractivity contribution is 0.122. The van der Waals surface area contributed by atoms with Crippen LogP contribution in [0.15, 0.2) is 48.5 Å². The lowest BCUT2D eigenvalue weighted by atomic mass is 9.95. The molecule has 1 fully saturated rings. The topological polar surface area (TPSA) is 12.5 Å². The van der Waals surface area contributed by atoms with Gasteiger partial charge in [-0.1, -0.05) is 18.6 Å². The molecule has 0 saturated carbocycles. The van der Waals surface area contributed by atoms with E-state index in [-0.39, 0.29) is 11.6 Å². The molecule has 3 rings (SSSR count). The molecule has 128 valence electrons. The Hall–Kier alpha value is -1.94. The molecule has 2 nitrogen and oxygen atoms in total. The summed E-state index contributed by atoms with van der Waals surface area (Å²) in [7, 11) is 0. The number of halogens is 2. The number of likely N-dealkylation sites (tertiary alicyclic amines) is 1. The molecule has 0 aliphatic carbocycles. The Balaban J connectivity index is 1.53. The van der Waals surface area contributed by atoms with Gasteiger partial charge in [0.1, 0.15) is 24.0 Å². The maximum absolute atomic E-state index is 13.4. The third-order valence-corrected chi connectivity index (χ3v) is 4.57. The summed E-state index contributed by atoms with van der Waals surface area (Å²) in [6.07, 6.45) is 4.41. The van der Waals surface area contributed by atoms with Crippen molar-refractivity contribution in [3.63, 3.8) is 0 Å². The van der Waals surface area contributed by atoms with Gasteiger partial charge < -0.3 is 4.74 Å². The summed E-state index contributed by atoms with van der Waals surface area (Å²) >= 11 is 0. The largest absolute Gasteiger partial charge is 0.492 e. The highest BCUT2D eigenvalue weighted by Gasteiger charge is 2.22. The minimum absolute atomic E-state index is 0.172. The minimum Gasteiger partial charge on any atom is -0.492 e. The molecule has 0 N–H and O–H groups in total. The predicted molar refractivity (Wildman–Crippen MR) is 91.2 cm³/mol. The Morgan fingerprint density at radius 3 is 2.62 bits per heavy atom. The zero-order chi connectivity index (χ0) is 16.8. The second-order valence-electron chi connectivity index (χ2n) is 6.32. The number of hydrogen-bond acceptors (Lipinski definition) is 2. The van der Waals surface area contributed by atoms with Crippen LogP contribution < -0.4 is 4.74 Å². The van der Waals surface area contributed by atoms with Crippen LogP contribution in [0.4, 0.5) is 8.78 Å². The van der Waals surface area contributed by atoms with Gasteiger partial charge in [-0.3, -0.25) is 4.90 Å². The van der Waals surface area contributed by atoms with E-state index in [0.717, 1.165) is 31.5 Å². The van der Waals surface area contributed by atoms with Crippen molar-refractivity contribution in [2.75, 3.05) is 19.7 Å². The molecule has 1 atom stereocenters. The Morgan fingerprint density at radius 1 is 1.00 bits per heavy atom. The van der Waals surface area contributed by atoms with E-state index in [1.54, 1.807) is 24.3 Å². The number of rotatable bonds is 6. The first-order chi connectivity index (χ1) is 11.7. The van der Waals surface area contributed by atoms with Crippen LogP contribution in [0.1, 0.15) is 24.8 Å². The van der Waals surface area contributed by atoms with Crippen molar-refractivity contribution in [3.05, 3.63) is 65.7 Å². The van der Waals surface area contributed by atoms with Gasteiger partial charge >= 0.3 is 0 Å². The van der Waals surface area contributed by atoms with E-state index in [4.69, 9.17) is 4.74 Å². The van der Waals surface area contributed by atoms with E-state index in [1.165, 1.54) is 31.0 Å². The van der Waals surface area contributed by atoms with E-state index < -0.39 is 0 Å². The van der Waals surface area contributed by atoms with Gasteiger partial charge in [0, 0.05) is 12.6 Å². The summed E-state index contributed by atoms with van der Waals surface area (Å²) in [5.74, 6) is 0.262. The molecule has 1 heterocycles. The highest BCUT2D eigenvalue weighted by atomic mass is 19.1.